The molecule has 1 heterocycles. The van der Waals surface area contributed by atoms with Crippen molar-refractivity contribution in [1.82, 2.24) is 15.1 Å². The molecule has 0 aromatic carbocycles. The molecule has 0 atom stereocenters. The van der Waals surface area contributed by atoms with Crippen molar-refractivity contribution >= 4 is 5.91 Å². The number of rotatable bonds is 6. The molecule has 1 aliphatic heterocycles. The van der Waals surface area contributed by atoms with Crippen LogP contribution in [-0.2, 0) is 4.79 Å². The van der Waals surface area contributed by atoms with E-state index in [4.69, 9.17) is 0 Å². The number of nitrogens with one attached hydrogen (secondary N) is 1. The lowest BCUT2D eigenvalue weighted by atomic mass is 10.1. The first-order chi connectivity index (χ1) is 8.65. The number of hydrogen-bond acceptors (Lipinski definition) is 3. The fourth-order valence-corrected chi connectivity index (χ4v) is 2.29. The van der Waals surface area contributed by atoms with E-state index in [0.717, 1.165) is 32.1 Å². The molecular formula is C14H27N3O. The molecule has 4 nitrogen and oxygen atoms in total. The van der Waals surface area contributed by atoms with Crippen molar-refractivity contribution in [2.75, 3.05) is 39.3 Å². The maximum absolute atomic E-state index is 11.9. The molecule has 18 heavy (non-hydrogen) atoms. The Balaban J connectivity index is 1.60. The molecule has 2 fully saturated rings. The zero-order valence-corrected chi connectivity index (χ0v) is 11.8. The van der Waals surface area contributed by atoms with Gasteiger partial charge >= 0.3 is 0 Å². The first-order valence-electron chi connectivity index (χ1n) is 7.38. The second kappa shape index (κ2) is 6.53. The van der Waals surface area contributed by atoms with E-state index in [9.17, 15) is 4.79 Å². The van der Waals surface area contributed by atoms with Gasteiger partial charge in [0.05, 0.1) is 6.54 Å². The van der Waals surface area contributed by atoms with Gasteiger partial charge in [-0.1, -0.05) is 13.8 Å². The smallest absolute Gasteiger partial charge is 0.236 e. The van der Waals surface area contributed by atoms with Gasteiger partial charge in [0.2, 0.25) is 5.91 Å². The molecule has 1 saturated heterocycles. The predicted molar refractivity (Wildman–Crippen MR) is 73.5 cm³/mol. The SMILES string of the molecule is CC(C)CCN1CCN(C(=O)CNC2CC2)CC1. The number of carbonyl (C=O) groups is 1. The highest BCUT2D eigenvalue weighted by atomic mass is 16.2. The Hall–Kier alpha value is -0.610. The molecule has 104 valence electrons. The summed E-state index contributed by atoms with van der Waals surface area (Å²) >= 11 is 0. The van der Waals surface area contributed by atoms with Gasteiger partial charge in [0.15, 0.2) is 0 Å². The molecule has 1 amide bonds. The number of carbonyl (C=O) groups excluding carboxylic acids is 1. The quantitative estimate of drug-likeness (QED) is 0.765. The molecule has 1 saturated carbocycles. The van der Waals surface area contributed by atoms with Crippen LogP contribution in [0.2, 0.25) is 0 Å². The van der Waals surface area contributed by atoms with Crippen LogP contribution in [0.3, 0.4) is 0 Å². The van der Waals surface area contributed by atoms with Crippen LogP contribution in [0, 0.1) is 5.92 Å². The average Bonchev–Trinajstić information content (AvgIpc) is 3.18. The van der Waals surface area contributed by atoms with E-state index >= 15 is 0 Å². The zero-order chi connectivity index (χ0) is 13.0. The normalized spacial score (nSPS) is 21.6. The first-order valence-corrected chi connectivity index (χ1v) is 7.38. The van der Waals surface area contributed by atoms with Crippen LogP contribution in [-0.4, -0.2) is 61.0 Å². The Labute approximate surface area is 111 Å². The molecule has 4 heteroatoms. The van der Waals surface area contributed by atoms with Crippen LogP contribution < -0.4 is 5.32 Å². The van der Waals surface area contributed by atoms with Crippen molar-refractivity contribution in [3.63, 3.8) is 0 Å². The lowest BCUT2D eigenvalue weighted by Gasteiger charge is -2.35. The van der Waals surface area contributed by atoms with Gasteiger partial charge in [-0.05, 0) is 31.7 Å². The van der Waals surface area contributed by atoms with Gasteiger partial charge in [0.25, 0.3) is 0 Å². The van der Waals surface area contributed by atoms with Crippen LogP contribution in [0.4, 0.5) is 0 Å². The van der Waals surface area contributed by atoms with E-state index < -0.39 is 0 Å². The molecule has 0 spiro atoms. The minimum Gasteiger partial charge on any atom is -0.339 e. The van der Waals surface area contributed by atoms with Crippen LogP contribution in [0.25, 0.3) is 0 Å². The summed E-state index contributed by atoms with van der Waals surface area (Å²) in [7, 11) is 0. The monoisotopic (exact) mass is 253 g/mol. The molecular weight excluding hydrogens is 226 g/mol. The average molecular weight is 253 g/mol. The zero-order valence-electron chi connectivity index (χ0n) is 11.8. The van der Waals surface area contributed by atoms with Crippen molar-refractivity contribution < 1.29 is 4.79 Å². The van der Waals surface area contributed by atoms with Crippen LogP contribution in [0.15, 0.2) is 0 Å². The topological polar surface area (TPSA) is 35.6 Å². The van der Waals surface area contributed by atoms with E-state index in [0.29, 0.717) is 12.6 Å². The summed E-state index contributed by atoms with van der Waals surface area (Å²) in [5.74, 6) is 1.05. The van der Waals surface area contributed by atoms with Crippen molar-refractivity contribution in [1.29, 1.82) is 0 Å². The Morgan fingerprint density at radius 1 is 1.22 bits per heavy atom. The molecule has 1 aliphatic carbocycles. The second-order valence-electron chi connectivity index (χ2n) is 6.06. The van der Waals surface area contributed by atoms with Crippen LogP contribution in [0.1, 0.15) is 33.1 Å². The van der Waals surface area contributed by atoms with E-state index in [-0.39, 0.29) is 5.91 Å². The van der Waals surface area contributed by atoms with Crippen molar-refractivity contribution in [2.24, 2.45) is 5.92 Å². The maximum atomic E-state index is 11.9. The molecule has 0 radical (unpaired) electrons. The second-order valence-corrected chi connectivity index (χ2v) is 6.06. The Bertz CT molecular complexity index is 268. The van der Waals surface area contributed by atoms with Gasteiger partial charge in [-0.15, -0.1) is 0 Å². The largest absolute Gasteiger partial charge is 0.339 e. The fraction of sp³-hybridized carbons (Fsp3) is 0.929. The molecule has 0 aromatic rings. The Kier molecular flexibility index (Phi) is 5.01. The van der Waals surface area contributed by atoms with Gasteiger partial charge < -0.3 is 10.2 Å². The highest BCUT2D eigenvalue weighted by Gasteiger charge is 2.24. The summed E-state index contributed by atoms with van der Waals surface area (Å²) in [4.78, 5) is 16.4. The standard InChI is InChI=1S/C14H27N3O/c1-12(2)5-6-16-7-9-17(10-8-16)14(18)11-15-13-3-4-13/h12-13,15H,3-11H2,1-2H3. The summed E-state index contributed by atoms with van der Waals surface area (Å²) in [6.45, 7) is 10.2. The number of hydrogen-bond donors (Lipinski definition) is 1. The third kappa shape index (κ3) is 4.58. The third-order valence-electron chi connectivity index (χ3n) is 3.87. The molecule has 0 bridgehead atoms. The van der Waals surface area contributed by atoms with E-state index in [2.05, 4.69) is 24.1 Å². The highest BCUT2D eigenvalue weighted by molar-refractivity contribution is 5.78. The van der Waals surface area contributed by atoms with Gasteiger partial charge in [0, 0.05) is 32.2 Å². The third-order valence-corrected chi connectivity index (χ3v) is 3.87. The molecule has 0 aromatic heterocycles. The summed E-state index contributed by atoms with van der Waals surface area (Å²) < 4.78 is 0. The van der Waals surface area contributed by atoms with E-state index in [1.54, 1.807) is 0 Å². The van der Waals surface area contributed by atoms with Crippen LogP contribution >= 0.6 is 0 Å². The van der Waals surface area contributed by atoms with Gasteiger partial charge in [-0.2, -0.15) is 0 Å². The summed E-state index contributed by atoms with van der Waals surface area (Å²) in [6.07, 6.45) is 3.75. The minimum atomic E-state index is 0.283. The Morgan fingerprint density at radius 2 is 1.89 bits per heavy atom. The summed E-state index contributed by atoms with van der Waals surface area (Å²) in [6, 6.07) is 0.626. The fourth-order valence-electron chi connectivity index (χ4n) is 2.29. The minimum absolute atomic E-state index is 0.283. The van der Waals surface area contributed by atoms with Crippen molar-refractivity contribution in [2.45, 2.75) is 39.2 Å². The number of nitrogens with zero attached hydrogens (tertiary/aromatic N) is 2. The number of amides is 1. The summed E-state index contributed by atoms with van der Waals surface area (Å²) in [5.41, 5.74) is 0. The lowest BCUT2D eigenvalue weighted by Crippen LogP contribution is -2.51. The maximum Gasteiger partial charge on any atom is 0.236 e. The molecule has 2 rings (SSSR count). The van der Waals surface area contributed by atoms with E-state index in [1.807, 2.05) is 4.90 Å². The van der Waals surface area contributed by atoms with Crippen molar-refractivity contribution in [3.05, 3.63) is 0 Å². The number of piperazine rings is 1. The van der Waals surface area contributed by atoms with Gasteiger partial charge in [0.1, 0.15) is 0 Å². The van der Waals surface area contributed by atoms with Crippen molar-refractivity contribution in [3.8, 4) is 0 Å². The van der Waals surface area contributed by atoms with Gasteiger partial charge in [-0.3, -0.25) is 9.69 Å². The predicted octanol–water partition coefficient (Wildman–Crippen LogP) is 0.929. The van der Waals surface area contributed by atoms with Gasteiger partial charge in [-0.25, -0.2) is 0 Å². The summed E-state index contributed by atoms with van der Waals surface area (Å²) in [5, 5.41) is 3.30. The Morgan fingerprint density at radius 3 is 2.44 bits per heavy atom. The molecule has 2 aliphatic rings. The van der Waals surface area contributed by atoms with Crippen LogP contribution in [0.5, 0.6) is 0 Å². The molecule has 0 unspecified atom stereocenters. The lowest BCUT2D eigenvalue weighted by molar-refractivity contribution is -0.132. The first kappa shape index (κ1) is 13.8. The molecule has 1 N–H and O–H groups in total. The van der Waals surface area contributed by atoms with E-state index in [1.165, 1.54) is 25.8 Å². The highest BCUT2D eigenvalue weighted by Crippen LogP contribution is 2.18.